The molecule has 0 fully saturated rings. The van der Waals surface area contributed by atoms with E-state index in [4.69, 9.17) is 0 Å². The average molecular weight is 220 g/mol. The number of nitrogens with one attached hydrogen (secondary N) is 1. The molecule has 0 unspecified atom stereocenters. The third-order valence-corrected chi connectivity index (χ3v) is 2.51. The van der Waals surface area contributed by atoms with Crippen LogP contribution in [0.1, 0.15) is 12.6 Å². The van der Waals surface area contributed by atoms with Crippen molar-refractivity contribution in [3.63, 3.8) is 0 Å². The minimum Gasteiger partial charge on any atom is -0.315 e. The molecule has 0 radical (unpaired) electrons. The zero-order valence-corrected chi connectivity index (χ0v) is 9.60. The summed E-state index contributed by atoms with van der Waals surface area (Å²) in [6, 6.07) is 1.81. The van der Waals surface area contributed by atoms with Gasteiger partial charge in [0.05, 0.1) is 5.69 Å². The van der Waals surface area contributed by atoms with Gasteiger partial charge in [0.25, 0.3) is 5.56 Å². The highest BCUT2D eigenvalue weighted by Crippen LogP contribution is 1.99. The molecule has 0 aliphatic carbocycles. The highest BCUT2D eigenvalue weighted by Gasteiger charge is 2.04. The molecule has 5 heteroatoms. The van der Waals surface area contributed by atoms with Crippen LogP contribution >= 0.6 is 0 Å². The quantitative estimate of drug-likeness (QED) is 0.759. The summed E-state index contributed by atoms with van der Waals surface area (Å²) in [5, 5.41) is 7.39. The molecular weight excluding hydrogens is 204 g/mol. The Morgan fingerprint density at radius 1 is 1.44 bits per heavy atom. The SMILES string of the molecule is CCNCCn1ccn2nc(C)cc2c1=O. The molecule has 0 bridgehead atoms. The fourth-order valence-corrected chi connectivity index (χ4v) is 1.70. The van der Waals surface area contributed by atoms with E-state index in [1.165, 1.54) is 0 Å². The summed E-state index contributed by atoms with van der Waals surface area (Å²) in [5.74, 6) is 0. The number of likely N-dealkylation sites (N-methyl/N-ethyl adjacent to an activating group) is 1. The minimum atomic E-state index is 0.0148. The molecule has 0 aromatic carbocycles. The fourth-order valence-electron chi connectivity index (χ4n) is 1.70. The minimum absolute atomic E-state index is 0.0148. The molecule has 5 nitrogen and oxygen atoms in total. The maximum atomic E-state index is 12.0. The van der Waals surface area contributed by atoms with Gasteiger partial charge in [-0.3, -0.25) is 4.79 Å². The number of aryl methyl sites for hydroxylation is 1. The second kappa shape index (κ2) is 4.49. The van der Waals surface area contributed by atoms with Crippen LogP contribution in [0, 0.1) is 6.92 Å². The number of rotatable bonds is 4. The monoisotopic (exact) mass is 220 g/mol. The van der Waals surface area contributed by atoms with E-state index < -0.39 is 0 Å². The molecular formula is C11H16N4O. The van der Waals surface area contributed by atoms with Gasteiger partial charge in [0, 0.05) is 25.5 Å². The van der Waals surface area contributed by atoms with E-state index in [1.54, 1.807) is 15.3 Å². The van der Waals surface area contributed by atoms with Crippen molar-refractivity contribution in [2.75, 3.05) is 13.1 Å². The molecule has 2 rings (SSSR count). The first-order valence-corrected chi connectivity index (χ1v) is 5.48. The lowest BCUT2D eigenvalue weighted by Crippen LogP contribution is -2.27. The Balaban J connectivity index is 2.33. The maximum absolute atomic E-state index is 12.0. The Bertz CT molecular complexity index is 540. The zero-order chi connectivity index (χ0) is 11.5. The molecule has 0 atom stereocenters. The third-order valence-electron chi connectivity index (χ3n) is 2.51. The molecule has 1 N–H and O–H groups in total. The molecule has 0 aliphatic rings. The Labute approximate surface area is 93.7 Å². The molecule has 0 saturated carbocycles. The predicted molar refractivity (Wildman–Crippen MR) is 62.7 cm³/mol. The zero-order valence-electron chi connectivity index (χ0n) is 9.60. The topological polar surface area (TPSA) is 51.3 Å². The van der Waals surface area contributed by atoms with Crippen molar-refractivity contribution in [3.05, 3.63) is 34.5 Å². The molecule has 0 saturated heterocycles. The van der Waals surface area contributed by atoms with Gasteiger partial charge < -0.3 is 9.88 Å². The maximum Gasteiger partial charge on any atom is 0.276 e. The predicted octanol–water partition coefficient (Wildman–Crippen LogP) is 0.414. The van der Waals surface area contributed by atoms with Crippen LogP contribution in [0.2, 0.25) is 0 Å². The summed E-state index contributed by atoms with van der Waals surface area (Å²) in [7, 11) is 0. The largest absolute Gasteiger partial charge is 0.315 e. The average Bonchev–Trinajstić information content (AvgIpc) is 2.64. The molecule has 2 heterocycles. The van der Waals surface area contributed by atoms with Crippen molar-refractivity contribution in [2.45, 2.75) is 20.4 Å². The van der Waals surface area contributed by atoms with Gasteiger partial charge in [-0.2, -0.15) is 5.10 Å². The van der Waals surface area contributed by atoms with Crippen LogP contribution in [0.5, 0.6) is 0 Å². The molecule has 16 heavy (non-hydrogen) atoms. The summed E-state index contributed by atoms with van der Waals surface area (Å²) in [6.45, 7) is 6.34. The van der Waals surface area contributed by atoms with Gasteiger partial charge in [0.2, 0.25) is 0 Å². The van der Waals surface area contributed by atoms with Crippen LogP contribution in [-0.2, 0) is 6.54 Å². The normalized spacial score (nSPS) is 11.1. The highest BCUT2D eigenvalue weighted by atomic mass is 16.1. The van der Waals surface area contributed by atoms with Crippen LogP contribution in [-0.4, -0.2) is 27.3 Å². The van der Waals surface area contributed by atoms with Crippen LogP contribution in [0.15, 0.2) is 23.3 Å². The van der Waals surface area contributed by atoms with Crippen LogP contribution in [0.3, 0.4) is 0 Å². The van der Waals surface area contributed by atoms with Gasteiger partial charge >= 0.3 is 0 Å². The van der Waals surface area contributed by atoms with E-state index in [0.29, 0.717) is 12.1 Å². The second-order valence-electron chi connectivity index (χ2n) is 3.77. The lowest BCUT2D eigenvalue weighted by molar-refractivity contribution is 0.596. The lowest BCUT2D eigenvalue weighted by atomic mass is 10.4. The molecule has 0 spiro atoms. The summed E-state index contributed by atoms with van der Waals surface area (Å²) < 4.78 is 3.33. The van der Waals surface area contributed by atoms with Gasteiger partial charge in [-0.25, -0.2) is 4.52 Å². The molecule has 86 valence electrons. The van der Waals surface area contributed by atoms with Crippen molar-refractivity contribution in [1.29, 1.82) is 0 Å². The van der Waals surface area contributed by atoms with Crippen molar-refractivity contribution in [2.24, 2.45) is 0 Å². The van der Waals surface area contributed by atoms with Crippen molar-refractivity contribution >= 4 is 5.52 Å². The first-order chi connectivity index (χ1) is 7.72. The van der Waals surface area contributed by atoms with Crippen LogP contribution in [0.4, 0.5) is 0 Å². The van der Waals surface area contributed by atoms with E-state index in [-0.39, 0.29) is 5.56 Å². The van der Waals surface area contributed by atoms with E-state index in [9.17, 15) is 4.79 Å². The summed E-state index contributed by atoms with van der Waals surface area (Å²) >= 11 is 0. The fraction of sp³-hybridized carbons (Fsp3) is 0.455. The van der Waals surface area contributed by atoms with Gasteiger partial charge in [-0.05, 0) is 19.5 Å². The number of hydrogen-bond acceptors (Lipinski definition) is 3. The number of nitrogens with zero attached hydrogens (tertiary/aromatic N) is 3. The Morgan fingerprint density at radius 2 is 2.25 bits per heavy atom. The second-order valence-corrected chi connectivity index (χ2v) is 3.77. The number of fused-ring (bicyclic) bond motifs is 1. The van der Waals surface area contributed by atoms with Crippen molar-refractivity contribution < 1.29 is 0 Å². The van der Waals surface area contributed by atoms with Gasteiger partial charge in [0.1, 0.15) is 5.52 Å². The van der Waals surface area contributed by atoms with Crippen LogP contribution < -0.4 is 10.9 Å². The highest BCUT2D eigenvalue weighted by molar-refractivity contribution is 5.44. The Hall–Kier alpha value is -1.62. The third kappa shape index (κ3) is 1.99. The van der Waals surface area contributed by atoms with E-state index in [0.717, 1.165) is 18.8 Å². The smallest absolute Gasteiger partial charge is 0.276 e. The Kier molecular flexibility index (Phi) is 3.05. The summed E-state index contributed by atoms with van der Waals surface area (Å²) in [6.07, 6.45) is 3.59. The van der Waals surface area contributed by atoms with Crippen molar-refractivity contribution in [3.8, 4) is 0 Å². The van der Waals surface area contributed by atoms with Gasteiger partial charge in [0.15, 0.2) is 0 Å². The molecule has 0 amide bonds. The number of hydrogen-bond donors (Lipinski definition) is 1. The summed E-state index contributed by atoms with van der Waals surface area (Å²) in [5.41, 5.74) is 1.51. The Morgan fingerprint density at radius 3 is 3.00 bits per heavy atom. The first kappa shape index (κ1) is 10.9. The molecule has 0 aliphatic heterocycles. The number of aromatic nitrogens is 3. The standard InChI is InChI=1S/C11H16N4O/c1-3-12-4-5-14-6-7-15-10(11(14)16)8-9(2)13-15/h6-8,12H,3-5H2,1-2H3. The lowest BCUT2D eigenvalue weighted by Gasteiger charge is -2.05. The van der Waals surface area contributed by atoms with E-state index in [1.807, 2.05) is 26.1 Å². The van der Waals surface area contributed by atoms with Gasteiger partial charge in [-0.1, -0.05) is 6.92 Å². The van der Waals surface area contributed by atoms with Crippen LogP contribution in [0.25, 0.3) is 5.52 Å². The van der Waals surface area contributed by atoms with Crippen molar-refractivity contribution in [1.82, 2.24) is 19.5 Å². The molecule has 2 aromatic heterocycles. The summed E-state index contributed by atoms with van der Waals surface area (Å²) in [4.78, 5) is 12.0. The first-order valence-electron chi connectivity index (χ1n) is 5.48. The molecule has 2 aromatic rings. The van der Waals surface area contributed by atoms with E-state index >= 15 is 0 Å². The van der Waals surface area contributed by atoms with E-state index in [2.05, 4.69) is 10.4 Å². The van der Waals surface area contributed by atoms with Gasteiger partial charge in [-0.15, -0.1) is 0 Å².